The van der Waals surface area contributed by atoms with Crippen molar-refractivity contribution in [2.24, 2.45) is 0 Å². The van der Waals surface area contributed by atoms with Gasteiger partial charge in [0.1, 0.15) is 6.54 Å². The van der Waals surface area contributed by atoms with E-state index in [1.807, 2.05) is 12.1 Å². The number of alkyl halides is 3. The summed E-state index contributed by atoms with van der Waals surface area (Å²) in [5.41, 5.74) is 3.04. The Bertz CT molecular complexity index is 1750. The van der Waals surface area contributed by atoms with Crippen molar-refractivity contribution in [2.45, 2.75) is 31.0 Å². The molecule has 1 aromatic carbocycles. The van der Waals surface area contributed by atoms with Gasteiger partial charge in [0.2, 0.25) is 5.88 Å². The average molecular weight is 522 g/mol. The Labute approximate surface area is 213 Å². The molecular formula is C26H21F3N6O3. The Hall–Kier alpha value is -4.48. The van der Waals surface area contributed by atoms with Crippen LogP contribution in [0, 0.1) is 0 Å². The van der Waals surface area contributed by atoms with Crippen LogP contribution in [-0.2, 0) is 6.54 Å². The molecule has 0 bridgehead atoms. The van der Waals surface area contributed by atoms with Gasteiger partial charge in [0.15, 0.2) is 5.65 Å². The molecule has 38 heavy (non-hydrogen) atoms. The van der Waals surface area contributed by atoms with Gasteiger partial charge in [-0.25, -0.2) is 14.5 Å². The lowest BCUT2D eigenvalue weighted by Gasteiger charge is -2.11. The van der Waals surface area contributed by atoms with Crippen LogP contribution in [0.1, 0.15) is 29.4 Å². The van der Waals surface area contributed by atoms with Crippen LogP contribution < -0.4 is 15.0 Å². The molecule has 4 aromatic heterocycles. The van der Waals surface area contributed by atoms with E-state index in [1.165, 1.54) is 26.5 Å². The number of rotatable bonds is 6. The summed E-state index contributed by atoms with van der Waals surface area (Å²) in [6.07, 6.45) is 2.48. The molecule has 4 heterocycles. The molecule has 1 aliphatic rings. The SMILES string of the molecule is COc1ncc(-c2cc([C@H]3C[C@@H]3c3ccc4ccn(CC(F)(F)F)c(=O)c4c3)c3nccn3n2)c(OC)n1. The lowest BCUT2D eigenvalue weighted by Crippen LogP contribution is -2.27. The fraction of sp³-hybridized carbons (Fsp3) is 0.269. The maximum atomic E-state index is 12.9. The number of benzene rings is 1. The van der Waals surface area contributed by atoms with Gasteiger partial charge in [-0.3, -0.25) is 4.79 Å². The summed E-state index contributed by atoms with van der Waals surface area (Å²) in [5, 5.41) is 5.51. The Morgan fingerprint density at radius 1 is 1.05 bits per heavy atom. The molecular weight excluding hydrogens is 501 g/mol. The normalized spacial score (nSPS) is 17.2. The quantitative estimate of drug-likeness (QED) is 0.327. The molecule has 0 aliphatic heterocycles. The first-order valence-corrected chi connectivity index (χ1v) is 11.8. The number of aromatic nitrogens is 6. The second-order valence-electron chi connectivity index (χ2n) is 9.12. The third-order valence-electron chi connectivity index (χ3n) is 6.74. The van der Waals surface area contributed by atoms with E-state index in [2.05, 4.69) is 20.1 Å². The van der Waals surface area contributed by atoms with Crippen LogP contribution in [-0.4, -0.2) is 49.5 Å². The molecule has 0 saturated heterocycles. The van der Waals surface area contributed by atoms with Crippen LogP contribution in [0.15, 0.2) is 59.9 Å². The van der Waals surface area contributed by atoms with Crippen molar-refractivity contribution in [3.8, 4) is 23.1 Å². The van der Waals surface area contributed by atoms with Crippen molar-refractivity contribution in [3.63, 3.8) is 0 Å². The van der Waals surface area contributed by atoms with Crippen molar-refractivity contribution in [1.29, 1.82) is 0 Å². The van der Waals surface area contributed by atoms with Crippen molar-refractivity contribution >= 4 is 16.4 Å². The number of halogens is 3. The fourth-order valence-electron chi connectivity index (χ4n) is 4.88. The minimum absolute atomic E-state index is 0.0693. The van der Waals surface area contributed by atoms with Crippen LogP contribution in [0.4, 0.5) is 13.2 Å². The van der Waals surface area contributed by atoms with Gasteiger partial charge in [0.25, 0.3) is 5.56 Å². The predicted molar refractivity (Wildman–Crippen MR) is 131 cm³/mol. The van der Waals surface area contributed by atoms with E-state index in [1.54, 1.807) is 35.2 Å². The van der Waals surface area contributed by atoms with Gasteiger partial charge in [-0.1, -0.05) is 12.1 Å². The molecule has 1 fully saturated rings. The lowest BCUT2D eigenvalue weighted by molar-refractivity contribution is -0.141. The molecule has 0 amide bonds. The number of hydrogen-bond acceptors (Lipinski definition) is 7. The van der Waals surface area contributed by atoms with E-state index >= 15 is 0 Å². The fourth-order valence-corrected chi connectivity index (χ4v) is 4.88. The van der Waals surface area contributed by atoms with Gasteiger partial charge >= 0.3 is 12.2 Å². The van der Waals surface area contributed by atoms with Gasteiger partial charge in [-0.15, -0.1) is 0 Å². The third-order valence-corrected chi connectivity index (χ3v) is 6.74. The van der Waals surface area contributed by atoms with E-state index in [-0.39, 0.29) is 23.2 Å². The van der Waals surface area contributed by atoms with Gasteiger partial charge in [0, 0.05) is 35.7 Å². The summed E-state index contributed by atoms with van der Waals surface area (Å²) in [4.78, 5) is 25.7. The number of hydrogen-bond donors (Lipinski definition) is 0. The van der Waals surface area contributed by atoms with E-state index in [4.69, 9.17) is 9.47 Å². The molecule has 1 saturated carbocycles. The van der Waals surface area contributed by atoms with Gasteiger partial charge in [0.05, 0.1) is 25.5 Å². The lowest BCUT2D eigenvalue weighted by atomic mass is 10.0. The van der Waals surface area contributed by atoms with Crippen molar-refractivity contribution in [1.82, 2.24) is 29.1 Å². The van der Waals surface area contributed by atoms with Crippen LogP contribution in [0.25, 0.3) is 27.7 Å². The largest absolute Gasteiger partial charge is 0.480 e. The Morgan fingerprint density at radius 3 is 2.66 bits per heavy atom. The van der Waals surface area contributed by atoms with Crippen LogP contribution in [0.5, 0.6) is 11.9 Å². The number of imidazole rings is 1. The first-order valence-electron chi connectivity index (χ1n) is 11.8. The Balaban J connectivity index is 1.38. The Morgan fingerprint density at radius 2 is 1.89 bits per heavy atom. The molecule has 12 heteroatoms. The summed E-state index contributed by atoms with van der Waals surface area (Å²) in [7, 11) is 2.97. The molecule has 0 N–H and O–H groups in total. The first-order chi connectivity index (χ1) is 18.3. The molecule has 194 valence electrons. The number of ether oxygens (including phenoxy) is 2. The molecule has 2 atom stereocenters. The molecule has 0 spiro atoms. The highest BCUT2D eigenvalue weighted by Crippen LogP contribution is 2.56. The predicted octanol–water partition coefficient (Wildman–Crippen LogP) is 4.35. The van der Waals surface area contributed by atoms with E-state index in [0.29, 0.717) is 32.7 Å². The number of nitrogens with zero attached hydrogens (tertiary/aromatic N) is 6. The maximum Gasteiger partial charge on any atom is 0.406 e. The Kier molecular flexibility index (Phi) is 5.55. The third kappa shape index (κ3) is 4.21. The minimum Gasteiger partial charge on any atom is -0.480 e. The molecule has 1 aliphatic carbocycles. The zero-order valence-corrected chi connectivity index (χ0v) is 20.3. The highest BCUT2D eigenvalue weighted by atomic mass is 19.4. The second-order valence-corrected chi connectivity index (χ2v) is 9.12. The van der Waals surface area contributed by atoms with E-state index in [0.717, 1.165) is 17.5 Å². The average Bonchev–Trinajstić information content (AvgIpc) is 3.56. The summed E-state index contributed by atoms with van der Waals surface area (Å²) >= 11 is 0. The molecule has 6 rings (SSSR count). The summed E-state index contributed by atoms with van der Waals surface area (Å²) in [6.45, 7) is -1.33. The number of methoxy groups -OCH3 is 2. The van der Waals surface area contributed by atoms with E-state index < -0.39 is 18.3 Å². The smallest absolute Gasteiger partial charge is 0.406 e. The zero-order valence-electron chi connectivity index (χ0n) is 20.3. The summed E-state index contributed by atoms with van der Waals surface area (Å²) < 4.78 is 51.7. The van der Waals surface area contributed by atoms with Crippen LogP contribution >= 0.6 is 0 Å². The first kappa shape index (κ1) is 23.9. The standard InChI is InChI=1S/C26H21F3N6O3/c1-37-23-20(12-31-25(32-23)38-2)21-11-19(22-30-6-8-35(22)33-21)18-10-16(18)15-4-3-14-5-7-34(13-26(27,28)29)24(36)17(14)9-15/h3-9,11-12,16,18H,10,13H2,1-2H3/t16-,18+/m1/s1. The summed E-state index contributed by atoms with van der Waals surface area (Å²) in [5.74, 6) is 0.456. The monoisotopic (exact) mass is 522 g/mol. The maximum absolute atomic E-state index is 12.9. The molecule has 0 unspecified atom stereocenters. The molecule has 9 nitrogen and oxygen atoms in total. The van der Waals surface area contributed by atoms with Crippen molar-refractivity contribution in [2.75, 3.05) is 14.2 Å². The van der Waals surface area contributed by atoms with E-state index in [9.17, 15) is 18.0 Å². The molecule has 5 aromatic rings. The zero-order chi connectivity index (χ0) is 26.6. The van der Waals surface area contributed by atoms with Gasteiger partial charge in [-0.2, -0.15) is 23.3 Å². The number of fused-ring (bicyclic) bond motifs is 2. The highest BCUT2D eigenvalue weighted by molar-refractivity contribution is 5.82. The van der Waals surface area contributed by atoms with Gasteiger partial charge < -0.3 is 14.0 Å². The summed E-state index contributed by atoms with van der Waals surface area (Å²) in [6, 6.07) is 9.04. The topological polar surface area (TPSA) is 96.4 Å². The number of pyridine rings is 1. The highest BCUT2D eigenvalue weighted by Gasteiger charge is 2.41. The van der Waals surface area contributed by atoms with Gasteiger partial charge in [-0.05, 0) is 47.4 Å². The van der Waals surface area contributed by atoms with Crippen molar-refractivity contribution in [3.05, 3.63) is 76.6 Å². The van der Waals surface area contributed by atoms with Crippen molar-refractivity contribution < 1.29 is 22.6 Å². The van der Waals surface area contributed by atoms with Crippen LogP contribution in [0.3, 0.4) is 0 Å². The molecule has 0 radical (unpaired) electrons. The second kappa shape index (κ2) is 8.82. The van der Waals surface area contributed by atoms with Crippen LogP contribution in [0.2, 0.25) is 0 Å². The minimum atomic E-state index is -4.48.